The maximum absolute atomic E-state index is 11.1. The minimum Gasteiger partial charge on any atom is -0.478 e. The van der Waals surface area contributed by atoms with Gasteiger partial charge in [-0.2, -0.15) is 5.10 Å². The quantitative estimate of drug-likeness (QED) is 0.899. The second kappa shape index (κ2) is 4.74. The van der Waals surface area contributed by atoms with E-state index in [4.69, 9.17) is 21.8 Å². The van der Waals surface area contributed by atoms with Crippen molar-refractivity contribution in [1.82, 2.24) is 9.78 Å². The van der Waals surface area contributed by atoms with Gasteiger partial charge in [-0.05, 0) is 25.1 Å². The molecule has 0 aliphatic heterocycles. The normalized spacial score (nSPS) is 10.4. The molecule has 98 valence electrons. The van der Waals surface area contributed by atoms with E-state index in [9.17, 15) is 9.59 Å². The van der Waals surface area contributed by atoms with E-state index in [1.54, 1.807) is 24.3 Å². The number of rotatable bonds is 3. The van der Waals surface area contributed by atoms with Crippen LogP contribution in [0.25, 0.3) is 5.69 Å². The van der Waals surface area contributed by atoms with Crippen molar-refractivity contribution >= 4 is 23.5 Å². The van der Waals surface area contributed by atoms with Gasteiger partial charge in [-0.25, -0.2) is 14.3 Å². The Morgan fingerprint density at radius 1 is 1.26 bits per heavy atom. The third-order valence-corrected chi connectivity index (χ3v) is 2.82. The molecule has 0 bridgehead atoms. The number of nitrogens with zero attached hydrogens (tertiary/aromatic N) is 2. The molecule has 19 heavy (non-hydrogen) atoms. The summed E-state index contributed by atoms with van der Waals surface area (Å²) >= 11 is 5.85. The minimum absolute atomic E-state index is 0.229. The average Bonchev–Trinajstić information content (AvgIpc) is 2.67. The fourth-order valence-corrected chi connectivity index (χ4v) is 1.95. The number of hydrogen-bond acceptors (Lipinski definition) is 3. The molecule has 1 heterocycles. The third-order valence-electron chi connectivity index (χ3n) is 2.59. The summed E-state index contributed by atoms with van der Waals surface area (Å²) in [5.74, 6) is -2.72. The fraction of sp³-hybridized carbons (Fsp3) is 0.0833. The van der Waals surface area contributed by atoms with Crippen LogP contribution in [0.15, 0.2) is 24.3 Å². The van der Waals surface area contributed by atoms with Gasteiger partial charge < -0.3 is 10.2 Å². The molecule has 0 saturated carbocycles. The van der Waals surface area contributed by atoms with Crippen molar-refractivity contribution in [2.24, 2.45) is 0 Å². The standard InChI is InChI=1S/C12H9ClN2O4/c1-6-9(11(16)17)10(12(18)19)14-15(6)8-4-2-3-7(13)5-8/h2-5H,1H3,(H,16,17)(H,18,19). The monoisotopic (exact) mass is 280 g/mol. The van der Waals surface area contributed by atoms with Crippen LogP contribution in [0.1, 0.15) is 26.5 Å². The summed E-state index contributed by atoms with van der Waals surface area (Å²) < 4.78 is 1.25. The van der Waals surface area contributed by atoms with E-state index in [-0.39, 0.29) is 11.3 Å². The number of carbonyl (C=O) groups is 2. The number of aromatic nitrogens is 2. The Labute approximate surface area is 112 Å². The minimum atomic E-state index is -1.39. The molecule has 0 spiro atoms. The van der Waals surface area contributed by atoms with Crippen molar-refractivity contribution in [3.63, 3.8) is 0 Å². The Morgan fingerprint density at radius 2 is 1.95 bits per heavy atom. The van der Waals surface area contributed by atoms with Gasteiger partial charge in [0.25, 0.3) is 0 Å². The highest BCUT2D eigenvalue weighted by atomic mass is 35.5. The maximum Gasteiger partial charge on any atom is 0.357 e. The second-order valence-corrected chi connectivity index (χ2v) is 4.25. The zero-order valence-corrected chi connectivity index (χ0v) is 10.5. The Kier molecular flexibility index (Phi) is 3.26. The molecular weight excluding hydrogens is 272 g/mol. The van der Waals surface area contributed by atoms with E-state index in [0.29, 0.717) is 10.7 Å². The smallest absolute Gasteiger partial charge is 0.357 e. The van der Waals surface area contributed by atoms with Crippen LogP contribution in [0.4, 0.5) is 0 Å². The highest BCUT2D eigenvalue weighted by Crippen LogP contribution is 2.20. The van der Waals surface area contributed by atoms with Gasteiger partial charge >= 0.3 is 11.9 Å². The van der Waals surface area contributed by atoms with Crippen LogP contribution < -0.4 is 0 Å². The van der Waals surface area contributed by atoms with Crippen molar-refractivity contribution < 1.29 is 19.8 Å². The van der Waals surface area contributed by atoms with Gasteiger partial charge in [0.05, 0.1) is 11.4 Å². The van der Waals surface area contributed by atoms with Crippen molar-refractivity contribution in [1.29, 1.82) is 0 Å². The van der Waals surface area contributed by atoms with Crippen LogP contribution >= 0.6 is 11.6 Å². The summed E-state index contributed by atoms with van der Waals surface area (Å²) in [5, 5.41) is 22.3. The number of carboxylic acid groups (broad SMARTS) is 2. The molecule has 0 amide bonds. The van der Waals surface area contributed by atoms with Crippen molar-refractivity contribution in [3.8, 4) is 5.69 Å². The van der Waals surface area contributed by atoms with Gasteiger partial charge in [-0.3, -0.25) is 0 Å². The van der Waals surface area contributed by atoms with Crippen LogP contribution in [-0.2, 0) is 0 Å². The Balaban J connectivity index is 2.69. The molecule has 2 rings (SSSR count). The maximum atomic E-state index is 11.1. The molecule has 1 aromatic carbocycles. The zero-order chi connectivity index (χ0) is 14.2. The van der Waals surface area contributed by atoms with Crippen molar-refractivity contribution in [3.05, 3.63) is 46.2 Å². The predicted molar refractivity (Wildman–Crippen MR) is 67.2 cm³/mol. The van der Waals surface area contributed by atoms with E-state index in [1.165, 1.54) is 11.6 Å². The summed E-state index contributed by atoms with van der Waals surface area (Å²) in [6.45, 7) is 1.49. The van der Waals surface area contributed by atoms with Gasteiger partial charge in [0, 0.05) is 5.02 Å². The van der Waals surface area contributed by atoms with E-state index in [0.717, 1.165) is 0 Å². The van der Waals surface area contributed by atoms with E-state index < -0.39 is 17.6 Å². The molecule has 2 N–H and O–H groups in total. The first-order chi connectivity index (χ1) is 8.91. The van der Waals surface area contributed by atoms with E-state index >= 15 is 0 Å². The topological polar surface area (TPSA) is 92.4 Å². The molecule has 0 unspecified atom stereocenters. The molecule has 2 aromatic rings. The summed E-state index contributed by atoms with van der Waals surface area (Å²) in [6.07, 6.45) is 0. The van der Waals surface area contributed by atoms with Crippen LogP contribution in [0.2, 0.25) is 5.02 Å². The van der Waals surface area contributed by atoms with Gasteiger partial charge in [-0.15, -0.1) is 0 Å². The van der Waals surface area contributed by atoms with E-state index in [2.05, 4.69) is 5.10 Å². The first kappa shape index (κ1) is 13.1. The number of hydrogen-bond donors (Lipinski definition) is 2. The summed E-state index contributed by atoms with van der Waals surface area (Å²) in [4.78, 5) is 22.1. The van der Waals surface area contributed by atoms with Crippen molar-refractivity contribution in [2.45, 2.75) is 6.92 Å². The average molecular weight is 281 g/mol. The molecule has 0 radical (unpaired) electrons. The lowest BCUT2D eigenvalue weighted by Crippen LogP contribution is -2.07. The molecule has 1 aromatic heterocycles. The van der Waals surface area contributed by atoms with Crippen LogP contribution in [0.3, 0.4) is 0 Å². The zero-order valence-electron chi connectivity index (χ0n) is 9.79. The molecule has 6 nitrogen and oxygen atoms in total. The number of benzene rings is 1. The van der Waals surface area contributed by atoms with Crippen molar-refractivity contribution in [2.75, 3.05) is 0 Å². The molecule has 0 aliphatic rings. The van der Waals surface area contributed by atoms with Crippen LogP contribution in [-0.4, -0.2) is 31.9 Å². The van der Waals surface area contributed by atoms with Gasteiger partial charge in [0.15, 0.2) is 5.69 Å². The summed E-state index contributed by atoms with van der Waals surface area (Å²) in [7, 11) is 0. The summed E-state index contributed by atoms with van der Waals surface area (Å²) in [6, 6.07) is 6.54. The lowest BCUT2D eigenvalue weighted by Gasteiger charge is -2.04. The molecular formula is C12H9ClN2O4. The first-order valence-electron chi connectivity index (χ1n) is 5.24. The molecule has 7 heteroatoms. The number of carboxylic acids is 2. The Bertz CT molecular complexity index is 678. The number of halogens is 1. The first-order valence-corrected chi connectivity index (χ1v) is 5.61. The SMILES string of the molecule is Cc1c(C(=O)O)c(C(=O)O)nn1-c1cccc(Cl)c1. The lowest BCUT2D eigenvalue weighted by molar-refractivity contribution is 0.0648. The third kappa shape index (κ3) is 2.30. The highest BCUT2D eigenvalue weighted by Gasteiger charge is 2.25. The molecule has 0 fully saturated rings. The van der Waals surface area contributed by atoms with Gasteiger partial charge in [0.1, 0.15) is 5.56 Å². The molecule has 0 aliphatic carbocycles. The largest absolute Gasteiger partial charge is 0.478 e. The molecule has 0 saturated heterocycles. The van der Waals surface area contributed by atoms with Crippen LogP contribution in [0, 0.1) is 6.92 Å². The highest BCUT2D eigenvalue weighted by molar-refractivity contribution is 6.30. The van der Waals surface area contributed by atoms with Gasteiger partial charge in [-0.1, -0.05) is 17.7 Å². The Morgan fingerprint density at radius 3 is 2.42 bits per heavy atom. The summed E-state index contributed by atoms with van der Waals surface area (Å²) in [5.41, 5.74) is -0.0929. The molecule has 0 atom stereocenters. The van der Waals surface area contributed by atoms with Crippen LogP contribution in [0.5, 0.6) is 0 Å². The predicted octanol–water partition coefficient (Wildman–Crippen LogP) is 2.23. The lowest BCUT2D eigenvalue weighted by atomic mass is 10.2. The second-order valence-electron chi connectivity index (χ2n) is 3.81. The fourth-order valence-electron chi connectivity index (χ4n) is 1.77. The Hall–Kier alpha value is -2.34. The van der Waals surface area contributed by atoms with E-state index in [1.807, 2.05) is 0 Å². The van der Waals surface area contributed by atoms with Gasteiger partial charge in [0.2, 0.25) is 0 Å². The number of aromatic carboxylic acids is 2.